The fourth-order valence-electron chi connectivity index (χ4n) is 3.29. The summed E-state index contributed by atoms with van der Waals surface area (Å²) in [6, 6.07) is 13.2. The molecule has 3 aromatic rings. The molecule has 0 amide bonds. The molecule has 10 heteroatoms. The smallest absolute Gasteiger partial charge is 0.280 e. The van der Waals surface area contributed by atoms with Crippen LogP contribution in [0, 0.1) is 6.92 Å². The second-order valence-corrected chi connectivity index (χ2v) is 9.41. The number of aromatic nitrogens is 2. The number of sulfonamides is 1. The molecule has 2 aromatic carbocycles. The minimum absolute atomic E-state index is 0.203. The largest absolute Gasteiger partial charge is 0.379 e. The van der Waals surface area contributed by atoms with E-state index in [9.17, 15) is 13.2 Å². The van der Waals surface area contributed by atoms with Crippen LogP contribution < -0.4 is 5.56 Å². The molecule has 0 bridgehead atoms. The van der Waals surface area contributed by atoms with Crippen molar-refractivity contribution < 1.29 is 13.2 Å². The van der Waals surface area contributed by atoms with E-state index in [2.05, 4.69) is 10.1 Å². The summed E-state index contributed by atoms with van der Waals surface area (Å²) in [5.74, 6) is 0. The highest BCUT2D eigenvalue weighted by atomic mass is 35.5. The van der Waals surface area contributed by atoms with Gasteiger partial charge in [0.25, 0.3) is 5.56 Å². The van der Waals surface area contributed by atoms with Crippen molar-refractivity contribution >= 4 is 33.5 Å². The zero-order valence-corrected chi connectivity index (χ0v) is 18.4. The number of aromatic amines is 1. The summed E-state index contributed by atoms with van der Waals surface area (Å²) in [5.41, 5.74) is 1.97. The zero-order chi connectivity index (χ0) is 22.0. The van der Waals surface area contributed by atoms with Gasteiger partial charge in [0.15, 0.2) is 0 Å². The van der Waals surface area contributed by atoms with Crippen molar-refractivity contribution in [2.24, 2.45) is 4.99 Å². The second kappa shape index (κ2) is 8.80. The number of aryl methyl sites for hydroxylation is 1. The number of H-pyrrole nitrogens is 1. The summed E-state index contributed by atoms with van der Waals surface area (Å²) in [5, 5.41) is 3.54. The molecule has 2 heterocycles. The van der Waals surface area contributed by atoms with Gasteiger partial charge in [-0.2, -0.15) is 4.31 Å². The average Bonchev–Trinajstić information content (AvgIpc) is 3.06. The van der Waals surface area contributed by atoms with Crippen LogP contribution >= 0.6 is 11.6 Å². The van der Waals surface area contributed by atoms with Gasteiger partial charge in [0.1, 0.15) is 0 Å². The van der Waals surface area contributed by atoms with Crippen LogP contribution in [0.1, 0.15) is 11.3 Å². The number of hydrogen-bond acceptors (Lipinski definition) is 5. The van der Waals surface area contributed by atoms with Crippen LogP contribution in [-0.2, 0) is 14.8 Å². The Kier molecular flexibility index (Phi) is 6.10. The molecule has 0 saturated carbocycles. The Morgan fingerprint density at radius 3 is 2.52 bits per heavy atom. The van der Waals surface area contributed by atoms with Crippen molar-refractivity contribution in [1.82, 2.24) is 14.1 Å². The van der Waals surface area contributed by atoms with Gasteiger partial charge in [0.2, 0.25) is 10.0 Å². The van der Waals surface area contributed by atoms with Crippen LogP contribution in [0.2, 0.25) is 5.02 Å². The van der Waals surface area contributed by atoms with E-state index in [0.717, 1.165) is 0 Å². The average molecular weight is 461 g/mol. The fraction of sp³-hybridized carbons (Fsp3) is 0.238. The number of benzene rings is 2. The Morgan fingerprint density at radius 1 is 1.13 bits per heavy atom. The first-order chi connectivity index (χ1) is 14.9. The molecule has 1 saturated heterocycles. The van der Waals surface area contributed by atoms with E-state index < -0.39 is 10.0 Å². The summed E-state index contributed by atoms with van der Waals surface area (Å²) in [4.78, 5) is 17.3. The van der Waals surface area contributed by atoms with Crippen LogP contribution in [0.25, 0.3) is 5.69 Å². The van der Waals surface area contributed by atoms with Gasteiger partial charge >= 0.3 is 0 Å². The number of rotatable bonds is 5. The van der Waals surface area contributed by atoms with Gasteiger partial charge in [0, 0.05) is 30.0 Å². The van der Waals surface area contributed by atoms with Crippen LogP contribution in [-0.4, -0.2) is 55.0 Å². The van der Waals surface area contributed by atoms with Crippen molar-refractivity contribution in [3.05, 3.63) is 75.2 Å². The summed E-state index contributed by atoms with van der Waals surface area (Å²) in [6.45, 7) is 3.25. The lowest BCUT2D eigenvalue weighted by molar-refractivity contribution is 0.0730. The van der Waals surface area contributed by atoms with Crippen molar-refractivity contribution in [3.8, 4) is 5.69 Å². The van der Waals surface area contributed by atoms with E-state index >= 15 is 0 Å². The highest BCUT2D eigenvalue weighted by Crippen LogP contribution is 2.21. The molecule has 8 nitrogen and oxygen atoms in total. The van der Waals surface area contributed by atoms with Gasteiger partial charge in [0.05, 0.1) is 35.0 Å². The van der Waals surface area contributed by atoms with E-state index in [1.807, 2.05) is 0 Å². The highest BCUT2D eigenvalue weighted by Gasteiger charge is 2.26. The predicted octanol–water partition coefficient (Wildman–Crippen LogP) is 2.90. The molecule has 4 rings (SSSR count). The molecule has 1 N–H and O–H groups in total. The first-order valence-electron chi connectivity index (χ1n) is 9.66. The third-order valence-corrected chi connectivity index (χ3v) is 7.12. The number of nitrogens with zero attached hydrogens (tertiary/aromatic N) is 3. The highest BCUT2D eigenvalue weighted by molar-refractivity contribution is 7.89. The molecule has 0 atom stereocenters. The third-order valence-electron chi connectivity index (χ3n) is 4.97. The molecule has 1 aromatic heterocycles. The Labute approximate surface area is 184 Å². The molecular formula is C21H21ClN4O4S. The number of hydrogen-bond donors (Lipinski definition) is 1. The SMILES string of the molecule is Cc1[nH]n(-c2cccc(Cl)c2)c(=O)c1C=Nc1ccc(S(=O)(=O)N2CCOCC2)cc1. The number of morpholine rings is 1. The number of aliphatic imine (C=N–C) groups is 1. The van der Waals surface area contributed by atoms with Crippen molar-refractivity contribution in [3.63, 3.8) is 0 Å². The molecule has 162 valence electrons. The molecule has 0 radical (unpaired) electrons. The Morgan fingerprint density at radius 2 is 1.84 bits per heavy atom. The van der Waals surface area contributed by atoms with Gasteiger partial charge in [-0.3, -0.25) is 14.9 Å². The van der Waals surface area contributed by atoms with E-state index in [4.69, 9.17) is 16.3 Å². The predicted molar refractivity (Wildman–Crippen MR) is 119 cm³/mol. The Balaban J connectivity index is 1.56. The maximum Gasteiger partial charge on any atom is 0.280 e. The van der Waals surface area contributed by atoms with Crippen LogP contribution in [0.4, 0.5) is 5.69 Å². The molecule has 1 aliphatic heterocycles. The molecule has 0 spiro atoms. The normalized spacial score (nSPS) is 15.5. The van der Waals surface area contributed by atoms with E-state index in [-0.39, 0.29) is 10.5 Å². The summed E-state index contributed by atoms with van der Waals surface area (Å²) >= 11 is 6.02. The van der Waals surface area contributed by atoms with Gasteiger partial charge in [-0.15, -0.1) is 0 Å². The number of halogens is 1. The van der Waals surface area contributed by atoms with Crippen LogP contribution in [0.5, 0.6) is 0 Å². The first kappa shape index (κ1) is 21.5. The van der Waals surface area contributed by atoms with Crippen LogP contribution in [0.15, 0.2) is 63.2 Å². The second-order valence-electron chi connectivity index (χ2n) is 7.04. The molecule has 1 aliphatic rings. The lowest BCUT2D eigenvalue weighted by Gasteiger charge is -2.26. The summed E-state index contributed by atoms with van der Waals surface area (Å²) < 4.78 is 33.4. The first-order valence-corrected chi connectivity index (χ1v) is 11.5. The van der Waals surface area contributed by atoms with E-state index in [1.165, 1.54) is 27.3 Å². The Bertz CT molecular complexity index is 1270. The van der Waals surface area contributed by atoms with Crippen molar-refractivity contribution in [2.75, 3.05) is 26.3 Å². The maximum atomic E-state index is 12.8. The van der Waals surface area contributed by atoms with Gasteiger partial charge in [-0.25, -0.2) is 13.1 Å². The van der Waals surface area contributed by atoms with Crippen molar-refractivity contribution in [1.29, 1.82) is 0 Å². The molecule has 1 fully saturated rings. The van der Waals surface area contributed by atoms with Crippen molar-refractivity contribution in [2.45, 2.75) is 11.8 Å². The standard InChI is InChI=1S/C21H21ClN4O4S/c1-15-20(21(27)26(24-15)18-4-2-3-16(22)13-18)14-23-17-5-7-19(8-6-17)31(28,29)25-9-11-30-12-10-25/h2-8,13-14,24H,9-12H2,1H3. The lowest BCUT2D eigenvalue weighted by atomic mass is 10.2. The summed E-state index contributed by atoms with van der Waals surface area (Å²) in [6.07, 6.45) is 1.47. The Hall–Kier alpha value is -2.72. The molecule has 31 heavy (non-hydrogen) atoms. The lowest BCUT2D eigenvalue weighted by Crippen LogP contribution is -2.40. The molecular weight excluding hydrogens is 440 g/mol. The number of ether oxygens (including phenoxy) is 1. The van der Waals surface area contributed by atoms with Gasteiger partial charge in [-0.1, -0.05) is 17.7 Å². The van der Waals surface area contributed by atoms with E-state index in [1.54, 1.807) is 43.3 Å². The fourth-order valence-corrected chi connectivity index (χ4v) is 4.88. The minimum Gasteiger partial charge on any atom is -0.379 e. The maximum absolute atomic E-state index is 12.8. The topological polar surface area (TPSA) is 96.8 Å². The minimum atomic E-state index is -3.56. The van der Waals surface area contributed by atoms with Gasteiger partial charge in [-0.05, 0) is 49.4 Å². The monoisotopic (exact) mass is 460 g/mol. The molecule has 0 unspecified atom stereocenters. The van der Waals surface area contributed by atoms with Crippen LogP contribution in [0.3, 0.4) is 0 Å². The molecule has 0 aliphatic carbocycles. The number of nitrogens with one attached hydrogen (secondary N) is 1. The third kappa shape index (κ3) is 4.49. The quantitative estimate of drug-likeness (QED) is 0.592. The zero-order valence-electron chi connectivity index (χ0n) is 16.8. The van der Waals surface area contributed by atoms with E-state index in [0.29, 0.717) is 54.0 Å². The van der Waals surface area contributed by atoms with Gasteiger partial charge < -0.3 is 4.74 Å². The summed E-state index contributed by atoms with van der Waals surface area (Å²) in [7, 11) is -3.56.